The van der Waals surface area contributed by atoms with Crippen LogP contribution in [0, 0.1) is 5.41 Å². The highest BCUT2D eigenvalue weighted by molar-refractivity contribution is 5.94. The second-order valence-corrected chi connectivity index (χ2v) is 5.43. The molecule has 1 heterocycles. The van der Waals surface area contributed by atoms with E-state index >= 15 is 0 Å². The van der Waals surface area contributed by atoms with Gasteiger partial charge in [0.15, 0.2) is 0 Å². The van der Waals surface area contributed by atoms with Gasteiger partial charge in [-0.15, -0.1) is 0 Å². The quantitative estimate of drug-likeness (QED) is 0.629. The molecular weight excluding hydrogens is 226 g/mol. The predicted octanol–water partition coefficient (Wildman–Crippen LogP) is 1.58. The molecule has 1 aromatic carbocycles. The van der Waals surface area contributed by atoms with Gasteiger partial charge >= 0.3 is 0 Å². The topological polar surface area (TPSA) is 62.3 Å². The lowest BCUT2D eigenvalue weighted by Gasteiger charge is -2.38. The summed E-state index contributed by atoms with van der Waals surface area (Å²) >= 11 is 0. The molecule has 0 spiro atoms. The predicted molar refractivity (Wildman–Crippen MR) is 72.8 cm³/mol. The molecular formula is C14H21N3O. The van der Waals surface area contributed by atoms with Crippen LogP contribution in [0.25, 0.3) is 0 Å². The Kier molecular flexibility index (Phi) is 3.68. The number of benzene rings is 1. The van der Waals surface area contributed by atoms with E-state index in [1.54, 1.807) is 0 Å². The minimum atomic E-state index is -0.0580. The maximum absolute atomic E-state index is 7.36. The third-order valence-corrected chi connectivity index (χ3v) is 3.18. The van der Waals surface area contributed by atoms with E-state index in [0.29, 0.717) is 0 Å². The normalized spacial score (nSPS) is 19.7. The van der Waals surface area contributed by atoms with Gasteiger partial charge in [-0.25, -0.2) is 0 Å². The number of hydrogen-bond donors (Lipinski definition) is 2. The Labute approximate surface area is 108 Å². The van der Waals surface area contributed by atoms with Crippen LogP contribution in [0.1, 0.15) is 25.0 Å². The van der Waals surface area contributed by atoms with E-state index in [2.05, 4.69) is 18.7 Å². The minimum Gasteiger partial charge on any atom is -0.384 e. The summed E-state index contributed by atoms with van der Waals surface area (Å²) in [5, 5.41) is 7.36. The van der Waals surface area contributed by atoms with Gasteiger partial charge in [0.2, 0.25) is 0 Å². The molecule has 4 nitrogen and oxygen atoms in total. The Morgan fingerprint density at radius 3 is 2.61 bits per heavy atom. The highest BCUT2D eigenvalue weighted by atomic mass is 16.5. The van der Waals surface area contributed by atoms with E-state index in [1.165, 1.54) is 5.56 Å². The Hall–Kier alpha value is -1.39. The van der Waals surface area contributed by atoms with Crippen LogP contribution in [0.5, 0.6) is 0 Å². The Bertz CT molecular complexity index is 425. The average Bonchev–Trinajstić information content (AvgIpc) is 2.28. The summed E-state index contributed by atoms with van der Waals surface area (Å²) in [4.78, 5) is 2.40. The Balaban J connectivity index is 1.99. The van der Waals surface area contributed by atoms with Crippen molar-refractivity contribution in [2.24, 2.45) is 5.73 Å². The lowest BCUT2D eigenvalue weighted by Crippen LogP contribution is -2.47. The molecule has 0 unspecified atom stereocenters. The molecule has 0 aliphatic carbocycles. The monoisotopic (exact) mass is 247 g/mol. The van der Waals surface area contributed by atoms with Gasteiger partial charge in [-0.05, 0) is 19.4 Å². The third-order valence-electron chi connectivity index (χ3n) is 3.18. The van der Waals surface area contributed by atoms with Crippen molar-refractivity contribution in [3.63, 3.8) is 0 Å². The zero-order valence-corrected chi connectivity index (χ0v) is 11.1. The van der Waals surface area contributed by atoms with Gasteiger partial charge in [-0.1, -0.05) is 24.3 Å². The number of amidine groups is 1. The lowest BCUT2D eigenvalue weighted by molar-refractivity contribution is -0.0882. The van der Waals surface area contributed by atoms with Crippen molar-refractivity contribution in [2.75, 3.05) is 19.7 Å². The maximum Gasteiger partial charge on any atom is 0.122 e. The smallest absolute Gasteiger partial charge is 0.122 e. The summed E-state index contributed by atoms with van der Waals surface area (Å²) in [5.41, 5.74) is 7.41. The van der Waals surface area contributed by atoms with E-state index in [-0.39, 0.29) is 11.4 Å². The number of nitrogens with one attached hydrogen (secondary N) is 1. The molecule has 1 fully saturated rings. The first kappa shape index (κ1) is 13.1. The molecule has 0 atom stereocenters. The molecule has 4 heteroatoms. The van der Waals surface area contributed by atoms with Gasteiger partial charge in [0.25, 0.3) is 0 Å². The van der Waals surface area contributed by atoms with Crippen LogP contribution in [-0.4, -0.2) is 36.0 Å². The van der Waals surface area contributed by atoms with Crippen molar-refractivity contribution in [2.45, 2.75) is 26.0 Å². The van der Waals surface area contributed by atoms with E-state index in [9.17, 15) is 0 Å². The fourth-order valence-corrected chi connectivity index (χ4v) is 2.30. The maximum atomic E-state index is 7.36. The SMILES string of the molecule is CC1(C)CN(Cc2ccc(C(=N)N)cc2)CCO1. The van der Waals surface area contributed by atoms with Crippen LogP contribution in [0.2, 0.25) is 0 Å². The molecule has 0 amide bonds. The molecule has 1 aliphatic heterocycles. The first-order valence-electron chi connectivity index (χ1n) is 6.26. The van der Waals surface area contributed by atoms with Crippen LogP contribution in [0.15, 0.2) is 24.3 Å². The van der Waals surface area contributed by atoms with E-state index in [4.69, 9.17) is 15.9 Å². The molecule has 2 rings (SSSR count). The molecule has 0 aromatic heterocycles. The van der Waals surface area contributed by atoms with Gasteiger partial charge in [-0.2, -0.15) is 0 Å². The molecule has 0 saturated carbocycles. The summed E-state index contributed by atoms with van der Waals surface area (Å²) < 4.78 is 5.70. The zero-order valence-electron chi connectivity index (χ0n) is 11.1. The number of hydrogen-bond acceptors (Lipinski definition) is 3. The summed E-state index contributed by atoms with van der Waals surface area (Å²) in [5.74, 6) is 0.119. The summed E-state index contributed by atoms with van der Waals surface area (Å²) in [7, 11) is 0. The van der Waals surface area contributed by atoms with E-state index < -0.39 is 0 Å². The fraction of sp³-hybridized carbons (Fsp3) is 0.500. The molecule has 1 aliphatic rings. The van der Waals surface area contributed by atoms with Gasteiger partial charge < -0.3 is 10.5 Å². The van der Waals surface area contributed by atoms with Crippen molar-refractivity contribution < 1.29 is 4.74 Å². The van der Waals surface area contributed by atoms with E-state index in [0.717, 1.165) is 31.8 Å². The first-order valence-corrected chi connectivity index (χ1v) is 6.26. The van der Waals surface area contributed by atoms with Crippen LogP contribution in [0.4, 0.5) is 0 Å². The minimum absolute atomic E-state index is 0.0580. The highest BCUT2D eigenvalue weighted by Crippen LogP contribution is 2.18. The second kappa shape index (κ2) is 5.08. The highest BCUT2D eigenvalue weighted by Gasteiger charge is 2.26. The Morgan fingerprint density at radius 2 is 2.06 bits per heavy atom. The largest absolute Gasteiger partial charge is 0.384 e. The molecule has 1 saturated heterocycles. The Morgan fingerprint density at radius 1 is 1.39 bits per heavy atom. The zero-order chi connectivity index (χ0) is 13.2. The van der Waals surface area contributed by atoms with Crippen molar-refractivity contribution >= 4 is 5.84 Å². The summed E-state index contributed by atoms with van der Waals surface area (Å²) in [6.07, 6.45) is 0. The average molecular weight is 247 g/mol. The van der Waals surface area contributed by atoms with Gasteiger partial charge in [0.1, 0.15) is 5.84 Å². The molecule has 3 N–H and O–H groups in total. The van der Waals surface area contributed by atoms with Crippen LogP contribution < -0.4 is 5.73 Å². The summed E-state index contributed by atoms with van der Waals surface area (Å²) in [6, 6.07) is 7.89. The number of nitrogens with zero attached hydrogens (tertiary/aromatic N) is 1. The van der Waals surface area contributed by atoms with Crippen LogP contribution in [-0.2, 0) is 11.3 Å². The van der Waals surface area contributed by atoms with E-state index in [1.807, 2.05) is 24.3 Å². The number of rotatable bonds is 3. The van der Waals surface area contributed by atoms with Crippen LogP contribution in [0.3, 0.4) is 0 Å². The standard InChI is InChI=1S/C14H21N3O/c1-14(2)10-17(7-8-18-14)9-11-3-5-12(6-4-11)13(15)16/h3-6H,7-10H2,1-2H3,(H3,15,16). The van der Waals surface area contributed by atoms with Gasteiger partial charge in [0.05, 0.1) is 12.2 Å². The second-order valence-electron chi connectivity index (χ2n) is 5.43. The van der Waals surface area contributed by atoms with Crippen LogP contribution >= 0.6 is 0 Å². The van der Waals surface area contributed by atoms with Crippen molar-refractivity contribution in [1.29, 1.82) is 5.41 Å². The number of morpholine rings is 1. The molecule has 18 heavy (non-hydrogen) atoms. The summed E-state index contributed by atoms with van der Waals surface area (Å²) in [6.45, 7) is 7.87. The molecule has 98 valence electrons. The number of nitrogens with two attached hydrogens (primary N) is 1. The van der Waals surface area contributed by atoms with Gasteiger partial charge in [-0.3, -0.25) is 10.3 Å². The van der Waals surface area contributed by atoms with Crippen molar-refractivity contribution in [3.8, 4) is 0 Å². The van der Waals surface area contributed by atoms with Crippen molar-refractivity contribution in [3.05, 3.63) is 35.4 Å². The molecule has 0 radical (unpaired) electrons. The number of nitrogen functional groups attached to an aromatic ring is 1. The van der Waals surface area contributed by atoms with Crippen molar-refractivity contribution in [1.82, 2.24) is 4.90 Å². The first-order chi connectivity index (χ1) is 8.46. The molecule has 0 bridgehead atoms. The third kappa shape index (κ3) is 3.31. The molecule has 1 aromatic rings. The van der Waals surface area contributed by atoms with Gasteiger partial charge in [0, 0.05) is 25.2 Å². The number of ether oxygens (including phenoxy) is 1. The fourth-order valence-electron chi connectivity index (χ4n) is 2.30. The lowest BCUT2D eigenvalue weighted by atomic mass is 10.1.